The number of ether oxygens (including phenoxy) is 1. The molecule has 0 spiro atoms. The number of phenols is 1. The van der Waals surface area contributed by atoms with Crippen LogP contribution in [0.15, 0.2) is 30.3 Å². The third-order valence-electron chi connectivity index (χ3n) is 3.10. The molecule has 0 aromatic heterocycles. The molecule has 0 fully saturated rings. The van der Waals surface area contributed by atoms with Gasteiger partial charge in [0.25, 0.3) is 0 Å². The summed E-state index contributed by atoms with van der Waals surface area (Å²) >= 11 is 11.5. The third-order valence-corrected chi connectivity index (χ3v) is 3.65. The minimum Gasteiger partial charge on any atom is -0.508 e. The van der Waals surface area contributed by atoms with E-state index in [-0.39, 0.29) is 21.8 Å². The predicted octanol–water partition coefficient (Wildman–Crippen LogP) is 4.38. The zero-order chi connectivity index (χ0) is 14.3. The first-order valence-corrected chi connectivity index (χ1v) is 6.67. The van der Waals surface area contributed by atoms with Gasteiger partial charge in [-0.3, -0.25) is 0 Å². The van der Waals surface area contributed by atoms with Crippen molar-refractivity contribution in [3.63, 3.8) is 0 Å². The number of hydrogen-bond acceptors (Lipinski definition) is 3. The lowest BCUT2D eigenvalue weighted by atomic mass is 10.1. The van der Waals surface area contributed by atoms with Crippen LogP contribution >= 0.6 is 23.2 Å². The van der Waals surface area contributed by atoms with Gasteiger partial charge in [-0.15, -0.1) is 0 Å². The van der Waals surface area contributed by atoms with Crippen molar-refractivity contribution in [3.05, 3.63) is 51.8 Å². The zero-order valence-corrected chi connectivity index (χ0v) is 11.7. The summed E-state index contributed by atoms with van der Waals surface area (Å²) in [6, 6.07) is 7.77. The van der Waals surface area contributed by atoms with E-state index in [2.05, 4.69) is 5.32 Å². The molecule has 0 saturated carbocycles. The molecule has 3 nitrogen and oxygen atoms in total. The van der Waals surface area contributed by atoms with E-state index in [0.29, 0.717) is 18.0 Å². The van der Waals surface area contributed by atoms with Crippen LogP contribution in [0.1, 0.15) is 11.6 Å². The van der Waals surface area contributed by atoms with Crippen molar-refractivity contribution in [2.24, 2.45) is 0 Å². The van der Waals surface area contributed by atoms with Gasteiger partial charge in [0.15, 0.2) is 5.82 Å². The van der Waals surface area contributed by atoms with E-state index in [1.165, 1.54) is 12.1 Å². The van der Waals surface area contributed by atoms with Crippen molar-refractivity contribution in [1.29, 1.82) is 0 Å². The second kappa shape index (κ2) is 5.04. The summed E-state index contributed by atoms with van der Waals surface area (Å²) in [7, 11) is 0. The molecule has 6 heteroatoms. The fourth-order valence-corrected chi connectivity index (χ4v) is 2.65. The molecule has 0 saturated heterocycles. The highest BCUT2D eigenvalue weighted by molar-refractivity contribution is 6.35. The Morgan fingerprint density at radius 1 is 1.20 bits per heavy atom. The predicted molar refractivity (Wildman–Crippen MR) is 76.4 cm³/mol. The van der Waals surface area contributed by atoms with Crippen LogP contribution in [-0.2, 0) is 0 Å². The van der Waals surface area contributed by atoms with E-state index in [4.69, 9.17) is 27.9 Å². The Hall–Kier alpha value is -1.65. The summed E-state index contributed by atoms with van der Waals surface area (Å²) in [5, 5.41) is 12.5. The number of benzene rings is 2. The first-order valence-electron chi connectivity index (χ1n) is 5.91. The van der Waals surface area contributed by atoms with Crippen LogP contribution in [-0.4, -0.2) is 11.7 Å². The summed E-state index contributed by atoms with van der Waals surface area (Å²) in [6.07, 6.45) is 0. The molecule has 0 aliphatic carbocycles. The van der Waals surface area contributed by atoms with Gasteiger partial charge in [0.1, 0.15) is 18.1 Å². The lowest BCUT2D eigenvalue weighted by Gasteiger charge is -2.14. The van der Waals surface area contributed by atoms with Gasteiger partial charge in [-0.1, -0.05) is 23.2 Å². The van der Waals surface area contributed by atoms with Gasteiger partial charge in [-0.2, -0.15) is 0 Å². The minimum absolute atomic E-state index is 0.0372. The molecule has 1 unspecified atom stereocenters. The highest BCUT2D eigenvalue weighted by atomic mass is 35.5. The van der Waals surface area contributed by atoms with E-state index < -0.39 is 5.82 Å². The number of anilines is 1. The number of aromatic hydroxyl groups is 1. The summed E-state index contributed by atoms with van der Waals surface area (Å²) in [4.78, 5) is 0. The fraction of sp³-hybridized carbons (Fsp3) is 0.143. The van der Waals surface area contributed by atoms with Crippen LogP contribution < -0.4 is 10.1 Å². The van der Waals surface area contributed by atoms with E-state index in [0.717, 1.165) is 5.56 Å². The van der Waals surface area contributed by atoms with Gasteiger partial charge in [0.2, 0.25) is 0 Å². The zero-order valence-electron chi connectivity index (χ0n) is 10.2. The molecule has 1 aliphatic heterocycles. The maximum atomic E-state index is 13.4. The molecule has 1 aliphatic rings. The standard InChI is InChI=1S/C14H10Cl2FNO2/c15-10-3-7(4-11(16)14(10)17)18-12-6-20-13-5-8(19)1-2-9(12)13/h1-5,12,18-19H,6H2. The molecule has 2 aromatic carbocycles. The molecular weight excluding hydrogens is 304 g/mol. The van der Waals surface area contributed by atoms with Crippen molar-refractivity contribution in [2.45, 2.75) is 6.04 Å². The van der Waals surface area contributed by atoms with Gasteiger partial charge in [-0.05, 0) is 24.3 Å². The minimum atomic E-state index is -0.633. The monoisotopic (exact) mass is 313 g/mol. The Morgan fingerprint density at radius 2 is 1.90 bits per heavy atom. The SMILES string of the molecule is Oc1ccc2c(c1)OCC2Nc1cc(Cl)c(F)c(Cl)c1. The number of fused-ring (bicyclic) bond motifs is 1. The smallest absolute Gasteiger partial charge is 0.160 e. The fourth-order valence-electron chi connectivity index (χ4n) is 2.16. The lowest BCUT2D eigenvalue weighted by Crippen LogP contribution is -2.12. The van der Waals surface area contributed by atoms with Crippen LogP contribution in [0.25, 0.3) is 0 Å². The first kappa shape index (κ1) is 13.3. The molecule has 1 heterocycles. The Labute approximate surface area is 124 Å². The number of phenolic OH excluding ortho intramolecular Hbond substituents is 1. The van der Waals surface area contributed by atoms with Crippen molar-refractivity contribution in [3.8, 4) is 11.5 Å². The normalized spacial score (nSPS) is 16.6. The topological polar surface area (TPSA) is 41.5 Å². The Kier molecular flexibility index (Phi) is 3.36. The molecule has 2 N–H and O–H groups in total. The highest BCUT2D eigenvalue weighted by Gasteiger charge is 2.24. The van der Waals surface area contributed by atoms with E-state index in [1.54, 1.807) is 18.2 Å². The van der Waals surface area contributed by atoms with E-state index in [9.17, 15) is 9.50 Å². The molecule has 0 bridgehead atoms. The van der Waals surface area contributed by atoms with Crippen molar-refractivity contribution >= 4 is 28.9 Å². The second-order valence-electron chi connectivity index (χ2n) is 4.48. The van der Waals surface area contributed by atoms with Crippen molar-refractivity contribution < 1.29 is 14.2 Å². The van der Waals surface area contributed by atoms with Gasteiger partial charge >= 0.3 is 0 Å². The number of halogens is 3. The highest BCUT2D eigenvalue weighted by Crippen LogP contribution is 2.37. The van der Waals surface area contributed by atoms with Crippen molar-refractivity contribution in [2.75, 3.05) is 11.9 Å². The van der Waals surface area contributed by atoms with Crippen LogP contribution in [0.3, 0.4) is 0 Å². The largest absolute Gasteiger partial charge is 0.508 e. The average molecular weight is 314 g/mol. The van der Waals surface area contributed by atoms with Gasteiger partial charge in [0, 0.05) is 17.3 Å². The Morgan fingerprint density at radius 3 is 2.60 bits per heavy atom. The first-order chi connectivity index (χ1) is 9.54. The molecule has 3 rings (SSSR count). The summed E-state index contributed by atoms with van der Waals surface area (Å²) in [5.74, 6) is 0.144. The lowest BCUT2D eigenvalue weighted by molar-refractivity contribution is 0.338. The van der Waals surface area contributed by atoms with Gasteiger partial charge in [-0.25, -0.2) is 4.39 Å². The molecule has 104 valence electrons. The third kappa shape index (κ3) is 2.37. The Bertz CT molecular complexity index is 655. The number of nitrogens with one attached hydrogen (secondary N) is 1. The average Bonchev–Trinajstić information content (AvgIpc) is 2.78. The van der Waals surface area contributed by atoms with Gasteiger partial charge in [0.05, 0.1) is 16.1 Å². The summed E-state index contributed by atoms with van der Waals surface area (Å²) in [6.45, 7) is 0.408. The maximum Gasteiger partial charge on any atom is 0.160 e. The maximum absolute atomic E-state index is 13.4. The Balaban J connectivity index is 1.87. The molecular formula is C14H10Cl2FNO2. The van der Waals surface area contributed by atoms with Crippen LogP contribution in [0.4, 0.5) is 10.1 Å². The van der Waals surface area contributed by atoms with Crippen LogP contribution in [0.2, 0.25) is 10.0 Å². The molecule has 2 aromatic rings. The molecule has 0 radical (unpaired) electrons. The number of rotatable bonds is 2. The summed E-state index contributed by atoms with van der Waals surface area (Å²) in [5.41, 5.74) is 1.52. The van der Waals surface area contributed by atoms with E-state index in [1.807, 2.05) is 0 Å². The molecule has 1 atom stereocenters. The van der Waals surface area contributed by atoms with Gasteiger partial charge < -0.3 is 15.2 Å². The molecule has 20 heavy (non-hydrogen) atoms. The van der Waals surface area contributed by atoms with E-state index >= 15 is 0 Å². The van der Waals surface area contributed by atoms with Crippen molar-refractivity contribution in [1.82, 2.24) is 0 Å². The summed E-state index contributed by atoms with van der Waals surface area (Å²) < 4.78 is 18.8. The molecule has 0 amide bonds. The van der Waals surface area contributed by atoms with Crippen LogP contribution in [0, 0.1) is 5.82 Å². The second-order valence-corrected chi connectivity index (χ2v) is 5.30. The number of hydrogen-bond donors (Lipinski definition) is 2. The van der Waals surface area contributed by atoms with Crippen LogP contribution in [0.5, 0.6) is 11.5 Å². The quantitative estimate of drug-likeness (QED) is 0.808.